The molecule has 0 spiro atoms. The van der Waals surface area contributed by atoms with Gasteiger partial charge >= 0.3 is 6.03 Å². The van der Waals surface area contributed by atoms with Gasteiger partial charge in [-0.25, -0.2) is 9.78 Å². The largest absolute Gasteiger partial charge is 0.324 e. The van der Waals surface area contributed by atoms with Gasteiger partial charge in [0.05, 0.1) is 6.04 Å². The summed E-state index contributed by atoms with van der Waals surface area (Å²) < 4.78 is 0. The van der Waals surface area contributed by atoms with Crippen molar-refractivity contribution in [3.05, 3.63) is 17.2 Å². The second-order valence-corrected chi connectivity index (χ2v) is 6.32. The Morgan fingerprint density at radius 2 is 2.41 bits per heavy atom. The molecular weight excluding hydrogens is 302 g/mol. The lowest BCUT2D eigenvalue weighted by Gasteiger charge is -2.33. The number of amides is 2. The van der Waals surface area contributed by atoms with E-state index in [1.807, 2.05) is 0 Å². The van der Waals surface area contributed by atoms with Crippen LogP contribution in [0.2, 0.25) is 0 Å². The number of anilines is 1. The second kappa shape index (κ2) is 6.82. The molecule has 2 aromatic heterocycles. The Bertz CT molecular complexity index is 612. The Kier molecular flexibility index (Phi) is 4.62. The summed E-state index contributed by atoms with van der Waals surface area (Å²) in [4.78, 5) is 18.5. The number of aryl methyl sites for hydroxylation is 1. The smallest absolute Gasteiger partial charge is 0.314 e. The number of rotatable bonds is 4. The third-order valence-corrected chi connectivity index (χ3v) is 4.56. The standard InChI is InChI=1S/C13H19N7OS/c1-2-5-10-17-19-12(22-10)16-13(21)20-7-4-3-6-9(20)11-14-8-15-18-11/h8-9H,2-7H2,1H3,(H,14,15,18)(H,16,19,21)/t9-/m0/s1. The molecule has 2 amide bonds. The molecule has 0 aromatic carbocycles. The molecule has 0 bridgehead atoms. The van der Waals surface area contributed by atoms with Crippen LogP contribution in [0, 0.1) is 0 Å². The quantitative estimate of drug-likeness (QED) is 0.900. The minimum absolute atomic E-state index is 0.0562. The first kappa shape index (κ1) is 14.9. The Labute approximate surface area is 132 Å². The van der Waals surface area contributed by atoms with Gasteiger partial charge in [0.2, 0.25) is 5.13 Å². The molecule has 1 saturated heterocycles. The van der Waals surface area contributed by atoms with Crippen LogP contribution in [0.4, 0.5) is 9.93 Å². The maximum Gasteiger partial charge on any atom is 0.324 e. The maximum atomic E-state index is 12.5. The molecule has 0 aliphatic carbocycles. The number of nitrogens with one attached hydrogen (secondary N) is 2. The molecule has 2 aromatic rings. The van der Waals surface area contributed by atoms with Gasteiger partial charge in [0.1, 0.15) is 17.2 Å². The van der Waals surface area contributed by atoms with E-state index in [0.717, 1.165) is 42.9 Å². The van der Waals surface area contributed by atoms with Gasteiger partial charge in [0.15, 0.2) is 0 Å². The van der Waals surface area contributed by atoms with E-state index in [4.69, 9.17) is 0 Å². The van der Waals surface area contributed by atoms with E-state index in [1.165, 1.54) is 17.7 Å². The summed E-state index contributed by atoms with van der Waals surface area (Å²) in [6.45, 7) is 2.80. The third-order valence-electron chi connectivity index (χ3n) is 3.66. The van der Waals surface area contributed by atoms with Gasteiger partial charge in [-0.3, -0.25) is 10.4 Å². The fourth-order valence-electron chi connectivity index (χ4n) is 2.62. The second-order valence-electron chi connectivity index (χ2n) is 5.26. The number of likely N-dealkylation sites (tertiary alicyclic amines) is 1. The maximum absolute atomic E-state index is 12.5. The summed E-state index contributed by atoms with van der Waals surface area (Å²) in [7, 11) is 0. The molecule has 0 radical (unpaired) electrons. The van der Waals surface area contributed by atoms with E-state index in [2.05, 4.69) is 37.6 Å². The van der Waals surface area contributed by atoms with Crippen molar-refractivity contribution in [3.63, 3.8) is 0 Å². The van der Waals surface area contributed by atoms with Crippen LogP contribution in [-0.4, -0.2) is 42.9 Å². The number of aromatic nitrogens is 5. The van der Waals surface area contributed by atoms with Crippen molar-refractivity contribution in [2.24, 2.45) is 0 Å². The Morgan fingerprint density at radius 1 is 1.50 bits per heavy atom. The topological polar surface area (TPSA) is 99.7 Å². The SMILES string of the molecule is CCCc1nnc(NC(=O)N2CCCC[C@H]2c2ncn[nH]2)s1. The molecule has 1 aliphatic heterocycles. The number of H-pyrrole nitrogens is 1. The highest BCUT2D eigenvalue weighted by molar-refractivity contribution is 7.15. The fraction of sp³-hybridized carbons (Fsp3) is 0.615. The van der Waals surface area contributed by atoms with Crippen molar-refractivity contribution < 1.29 is 4.79 Å². The van der Waals surface area contributed by atoms with Crippen molar-refractivity contribution in [2.45, 2.75) is 45.1 Å². The van der Waals surface area contributed by atoms with Gasteiger partial charge in [-0.2, -0.15) is 5.10 Å². The monoisotopic (exact) mass is 321 g/mol. The number of piperidine rings is 1. The van der Waals surface area contributed by atoms with E-state index in [0.29, 0.717) is 11.7 Å². The van der Waals surface area contributed by atoms with E-state index in [9.17, 15) is 4.79 Å². The van der Waals surface area contributed by atoms with E-state index in [1.54, 1.807) is 4.90 Å². The van der Waals surface area contributed by atoms with E-state index < -0.39 is 0 Å². The van der Waals surface area contributed by atoms with Crippen molar-refractivity contribution in [1.29, 1.82) is 0 Å². The predicted octanol–water partition coefficient (Wildman–Crippen LogP) is 2.37. The Balaban J connectivity index is 1.69. The molecule has 118 valence electrons. The van der Waals surface area contributed by atoms with E-state index in [-0.39, 0.29) is 12.1 Å². The minimum Gasteiger partial charge on any atom is -0.314 e. The van der Waals surface area contributed by atoms with Crippen molar-refractivity contribution >= 4 is 22.5 Å². The van der Waals surface area contributed by atoms with Gasteiger partial charge in [-0.05, 0) is 25.7 Å². The number of aromatic amines is 1. The highest BCUT2D eigenvalue weighted by atomic mass is 32.1. The molecule has 3 rings (SSSR count). The van der Waals surface area contributed by atoms with Crippen LogP contribution in [0.5, 0.6) is 0 Å². The number of carbonyl (C=O) groups excluding carboxylic acids is 1. The van der Waals surface area contributed by atoms with Crippen LogP contribution in [0.25, 0.3) is 0 Å². The van der Waals surface area contributed by atoms with Crippen LogP contribution in [0.3, 0.4) is 0 Å². The minimum atomic E-state index is -0.153. The van der Waals surface area contributed by atoms with Gasteiger partial charge in [-0.1, -0.05) is 18.3 Å². The molecule has 1 aliphatic rings. The first-order valence-corrected chi connectivity index (χ1v) is 8.35. The number of nitrogens with zero attached hydrogens (tertiary/aromatic N) is 5. The normalized spacial score (nSPS) is 18.4. The molecule has 22 heavy (non-hydrogen) atoms. The molecule has 0 saturated carbocycles. The molecule has 0 unspecified atom stereocenters. The first-order chi connectivity index (χ1) is 10.8. The van der Waals surface area contributed by atoms with Gasteiger partial charge in [-0.15, -0.1) is 10.2 Å². The van der Waals surface area contributed by atoms with Crippen LogP contribution in [-0.2, 0) is 6.42 Å². The molecule has 1 fully saturated rings. The van der Waals surface area contributed by atoms with Crippen molar-refractivity contribution in [3.8, 4) is 0 Å². The van der Waals surface area contributed by atoms with E-state index >= 15 is 0 Å². The molecule has 2 N–H and O–H groups in total. The molecule has 8 nitrogen and oxygen atoms in total. The number of urea groups is 1. The average molecular weight is 321 g/mol. The van der Waals surface area contributed by atoms with Crippen LogP contribution < -0.4 is 5.32 Å². The summed E-state index contributed by atoms with van der Waals surface area (Å²) in [5.41, 5.74) is 0. The molecule has 1 atom stereocenters. The van der Waals surface area contributed by atoms with Gasteiger partial charge < -0.3 is 4.90 Å². The van der Waals surface area contributed by atoms with Crippen molar-refractivity contribution in [1.82, 2.24) is 30.3 Å². The number of hydrogen-bond donors (Lipinski definition) is 2. The Hall–Kier alpha value is -2.03. The van der Waals surface area contributed by atoms with Gasteiger partial charge in [0.25, 0.3) is 0 Å². The number of carbonyl (C=O) groups is 1. The summed E-state index contributed by atoms with van der Waals surface area (Å²) >= 11 is 1.43. The fourth-order valence-corrected chi connectivity index (χ4v) is 3.45. The zero-order valence-corrected chi connectivity index (χ0v) is 13.3. The number of hydrogen-bond acceptors (Lipinski definition) is 6. The lowest BCUT2D eigenvalue weighted by Crippen LogP contribution is -2.41. The van der Waals surface area contributed by atoms with Crippen LogP contribution in [0.1, 0.15) is 49.5 Å². The highest BCUT2D eigenvalue weighted by Gasteiger charge is 2.30. The molecule has 3 heterocycles. The zero-order chi connectivity index (χ0) is 15.4. The highest BCUT2D eigenvalue weighted by Crippen LogP contribution is 2.29. The first-order valence-electron chi connectivity index (χ1n) is 7.53. The lowest BCUT2D eigenvalue weighted by molar-refractivity contribution is 0.159. The lowest BCUT2D eigenvalue weighted by atomic mass is 10.0. The van der Waals surface area contributed by atoms with Crippen LogP contribution >= 0.6 is 11.3 Å². The van der Waals surface area contributed by atoms with Gasteiger partial charge in [0, 0.05) is 13.0 Å². The molecular formula is C13H19N7OS. The average Bonchev–Trinajstić information content (AvgIpc) is 3.19. The van der Waals surface area contributed by atoms with Crippen LogP contribution in [0.15, 0.2) is 6.33 Å². The summed E-state index contributed by atoms with van der Waals surface area (Å²) in [5.74, 6) is 0.735. The summed E-state index contributed by atoms with van der Waals surface area (Å²) in [6, 6.07) is -0.209. The molecule has 9 heteroatoms. The predicted molar refractivity (Wildman–Crippen MR) is 82.6 cm³/mol. The zero-order valence-electron chi connectivity index (χ0n) is 12.4. The summed E-state index contributed by atoms with van der Waals surface area (Å²) in [6.07, 6.45) is 6.34. The third kappa shape index (κ3) is 3.24. The summed E-state index contributed by atoms with van der Waals surface area (Å²) in [5, 5.41) is 19.2. The van der Waals surface area contributed by atoms with Crippen molar-refractivity contribution in [2.75, 3.05) is 11.9 Å². The Morgan fingerprint density at radius 3 is 3.18 bits per heavy atom.